The first-order valence-electron chi connectivity index (χ1n) is 6.26. The van der Waals surface area contributed by atoms with E-state index in [1.54, 1.807) is 11.0 Å². The lowest BCUT2D eigenvalue weighted by atomic mass is 10.1. The number of ether oxygens (including phenoxy) is 1. The number of carbonyl (C=O) groups excluding carboxylic acids is 2. The van der Waals surface area contributed by atoms with Crippen LogP contribution in [-0.2, 0) is 17.9 Å². The predicted molar refractivity (Wildman–Crippen MR) is 72.0 cm³/mol. The molecule has 0 radical (unpaired) electrons. The molecule has 1 aromatic carbocycles. The minimum absolute atomic E-state index is 0.0355. The van der Waals surface area contributed by atoms with Gasteiger partial charge in [0.25, 0.3) is 0 Å². The van der Waals surface area contributed by atoms with Crippen molar-refractivity contribution in [3.8, 4) is 11.5 Å². The van der Waals surface area contributed by atoms with Crippen LogP contribution < -0.4 is 4.74 Å². The number of amides is 1. The maximum absolute atomic E-state index is 11.4. The molecule has 2 aromatic rings. The van der Waals surface area contributed by atoms with Gasteiger partial charge in [0.2, 0.25) is 6.41 Å². The lowest BCUT2D eigenvalue weighted by Gasteiger charge is -2.25. The van der Waals surface area contributed by atoms with Crippen molar-refractivity contribution in [2.24, 2.45) is 0 Å². The first-order chi connectivity index (χ1) is 9.71. The van der Waals surface area contributed by atoms with Crippen LogP contribution in [0.3, 0.4) is 0 Å². The van der Waals surface area contributed by atoms with Gasteiger partial charge in [0.1, 0.15) is 0 Å². The molecular formula is C14H14N2O4. The minimum Gasteiger partial charge on any atom is -0.504 e. The molecule has 0 spiro atoms. The fourth-order valence-corrected chi connectivity index (χ4v) is 2.79. The summed E-state index contributed by atoms with van der Waals surface area (Å²) in [4.78, 5) is 23.9. The van der Waals surface area contributed by atoms with Crippen molar-refractivity contribution < 1.29 is 19.4 Å². The summed E-state index contributed by atoms with van der Waals surface area (Å²) in [5.74, 6) is 0.294. The van der Waals surface area contributed by atoms with Gasteiger partial charge in [-0.1, -0.05) is 0 Å². The standard InChI is InChI=1S/C14H14N2O4/c1-20-12-3-2-10-13(14(12)19)9(7-17)11-6-15(8-18)4-5-16(10)11/h2-3,7-8,19H,4-6H2,1H3. The van der Waals surface area contributed by atoms with Gasteiger partial charge in [0, 0.05) is 24.3 Å². The highest BCUT2D eigenvalue weighted by atomic mass is 16.5. The highest BCUT2D eigenvalue weighted by Crippen LogP contribution is 2.39. The number of nitrogens with zero attached hydrogens (tertiary/aromatic N) is 2. The average Bonchev–Trinajstić information content (AvgIpc) is 2.81. The van der Waals surface area contributed by atoms with Gasteiger partial charge in [-0.2, -0.15) is 0 Å². The molecular weight excluding hydrogens is 260 g/mol. The van der Waals surface area contributed by atoms with E-state index in [1.165, 1.54) is 7.11 Å². The second kappa shape index (κ2) is 4.56. The number of phenols is 1. The summed E-state index contributed by atoms with van der Waals surface area (Å²) >= 11 is 0. The van der Waals surface area contributed by atoms with E-state index in [1.807, 2.05) is 10.6 Å². The lowest BCUT2D eigenvalue weighted by molar-refractivity contribution is -0.119. The highest BCUT2D eigenvalue weighted by molar-refractivity contribution is 6.04. The molecule has 1 aliphatic heterocycles. The SMILES string of the molecule is COc1ccc2c(c1O)c(C=O)c1n2CCN(C=O)C1. The van der Waals surface area contributed by atoms with Crippen LogP contribution in [0, 0.1) is 0 Å². The van der Waals surface area contributed by atoms with E-state index in [-0.39, 0.29) is 5.75 Å². The van der Waals surface area contributed by atoms with Crippen molar-refractivity contribution in [1.82, 2.24) is 9.47 Å². The summed E-state index contributed by atoms with van der Waals surface area (Å²) < 4.78 is 7.06. The molecule has 1 aromatic heterocycles. The maximum Gasteiger partial charge on any atom is 0.210 e. The lowest BCUT2D eigenvalue weighted by Crippen LogP contribution is -2.32. The Hall–Kier alpha value is -2.50. The van der Waals surface area contributed by atoms with E-state index in [0.29, 0.717) is 36.3 Å². The Kier molecular flexibility index (Phi) is 2.85. The largest absolute Gasteiger partial charge is 0.504 e. The molecule has 0 fully saturated rings. The van der Waals surface area contributed by atoms with E-state index in [9.17, 15) is 14.7 Å². The fraction of sp³-hybridized carbons (Fsp3) is 0.286. The van der Waals surface area contributed by atoms with Crippen molar-refractivity contribution in [1.29, 1.82) is 0 Å². The van der Waals surface area contributed by atoms with Gasteiger partial charge in [-0.3, -0.25) is 9.59 Å². The number of aromatic hydroxyl groups is 1. The number of benzene rings is 1. The van der Waals surface area contributed by atoms with Gasteiger partial charge >= 0.3 is 0 Å². The molecule has 0 atom stereocenters. The zero-order valence-corrected chi connectivity index (χ0v) is 11.0. The molecule has 6 heteroatoms. The van der Waals surface area contributed by atoms with E-state index < -0.39 is 0 Å². The molecule has 0 aliphatic carbocycles. The third-order valence-corrected chi connectivity index (χ3v) is 3.77. The van der Waals surface area contributed by atoms with Crippen LogP contribution in [0.4, 0.5) is 0 Å². The van der Waals surface area contributed by atoms with Crippen LogP contribution in [0.2, 0.25) is 0 Å². The predicted octanol–water partition coefficient (Wildman–Crippen LogP) is 1.14. The van der Waals surface area contributed by atoms with E-state index in [4.69, 9.17) is 4.74 Å². The zero-order valence-electron chi connectivity index (χ0n) is 11.0. The van der Waals surface area contributed by atoms with Crippen molar-refractivity contribution in [3.05, 3.63) is 23.4 Å². The van der Waals surface area contributed by atoms with E-state index in [0.717, 1.165) is 23.9 Å². The third kappa shape index (κ3) is 1.57. The Balaban J connectivity index is 2.32. The highest BCUT2D eigenvalue weighted by Gasteiger charge is 2.25. The van der Waals surface area contributed by atoms with E-state index >= 15 is 0 Å². The van der Waals surface area contributed by atoms with E-state index in [2.05, 4.69) is 0 Å². The number of rotatable bonds is 3. The number of aldehydes is 1. The number of fused-ring (bicyclic) bond motifs is 3. The number of hydrogen-bond donors (Lipinski definition) is 1. The normalized spacial score (nSPS) is 14.2. The molecule has 6 nitrogen and oxygen atoms in total. The van der Waals surface area contributed by atoms with Gasteiger partial charge in [0.15, 0.2) is 17.8 Å². The zero-order chi connectivity index (χ0) is 14.3. The summed E-state index contributed by atoms with van der Waals surface area (Å²) in [6.07, 6.45) is 1.50. The molecule has 0 saturated heterocycles. The molecule has 1 amide bonds. The number of methoxy groups -OCH3 is 1. The molecule has 2 heterocycles. The summed E-state index contributed by atoms with van der Waals surface area (Å²) in [6, 6.07) is 3.49. The van der Waals surface area contributed by atoms with Crippen LogP contribution in [-0.4, -0.2) is 40.9 Å². The topological polar surface area (TPSA) is 71.8 Å². The first-order valence-corrected chi connectivity index (χ1v) is 6.26. The van der Waals surface area contributed by atoms with Crippen LogP contribution in [0.1, 0.15) is 16.1 Å². The van der Waals surface area contributed by atoms with Crippen molar-refractivity contribution >= 4 is 23.6 Å². The first kappa shape index (κ1) is 12.5. The van der Waals surface area contributed by atoms with Crippen LogP contribution in [0.15, 0.2) is 12.1 Å². The molecule has 3 rings (SSSR count). The van der Waals surface area contributed by atoms with Crippen molar-refractivity contribution in [3.63, 3.8) is 0 Å². The third-order valence-electron chi connectivity index (χ3n) is 3.77. The molecule has 1 N–H and O–H groups in total. The molecule has 104 valence electrons. The molecule has 0 saturated carbocycles. The molecule has 1 aliphatic rings. The van der Waals surface area contributed by atoms with Crippen LogP contribution in [0.25, 0.3) is 10.9 Å². The van der Waals surface area contributed by atoms with Crippen LogP contribution in [0.5, 0.6) is 11.5 Å². The summed E-state index contributed by atoms with van der Waals surface area (Å²) in [7, 11) is 1.46. The van der Waals surface area contributed by atoms with Gasteiger partial charge < -0.3 is 19.3 Å². The fourth-order valence-electron chi connectivity index (χ4n) is 2.79. The second-order valence-corrected chi connectivity index (χ2v) is 4.72. The Morgan fingerprint density at radius 2 is 2.10 bits per heavy atom. The smallest absolute Gasteiger partial charge is 0.210 e. The average molecular weight is 274 g/mol. The summed E-state index contributed by atoms with van der Waals surface area (Å²) in [5.41, 5.74) is 1.95. The van der Waals surface area contributed by atoms with Gasteiger partial charge in [-0.05, 0) is 12.1 Å². The van der Waals surface area contributed by atoms with Crippen molar-refractivity contribution in [2.75, 3.05) is 13.7 Å². The Morgan fingerprint density at radius 3 is 2.75 bits per heavy atom. The summed E-state index contributed by atoms with van der Waals surface area (Å²) in [5, 5.41) is 10.7. The monoisotopic (exact) mass is 274 g/mol. The number of aromatic nitrogens is 1. The van der Waals surface area contributed by atoms with Gasteiger partial charge in [-0.15, -0.1) is 0 Å². The summed E-state index contributed by atoms with van der Waals surface area (Å²) in [6.45, 7) is 1.56. The maximum atomic E-state index is 11.4. The molecule has 0 bridgehead atoms. The molecule has 20 heavy (non-hydrogen) atoms. The second-order valence-electron chi connectivity index (χ2n) is 4.72. The quantitative estimate of drug-likeness (QED) is 0.852. The number of phenolic OH excluding ortho intramolecular Hbond substituents is 1. The minimum atomic E-state index is -0.0355. The van der Waals surface area contributed by atoms with Crippen molar-refractivity contribution in [2.45, 2.75) is 13.1 Å². The van der Waals surface area contributed by atoms with Gasteiger partial charge in [-0.25, -0.2) is 0 Å². The van der Waals surface area contributed by atoms with Crippen LogP contribution >= 0.6 is 0 Å². The number of carbonyl (C=O) groups is 2. The van der Waals surface area contributed by atoms with Gasteiger partial charge in [0.05, 0.1) is 24.6 Å². The molecule has 0 unspecified atom stereocenters. The number of hydrogen-bond acceptors (Lipinski definition) is 4. The Labute approximate surface area is 115 Å². The Bertz CT molecular complexity index is 705. The Morgan fingerprint density at radius 1 is 1.30 bits per heavy atom.